The molecule has 0 saturated carbocycles. The number of hydrogen-bond donors (Lipinski definition) is 0. The quantitative estimate of drug-likeness (QED) is 0.796. The maximum Gasteiger partial charge on any atom is 0.243 e. The fourth-order valence-corrected chi connectivity index (χ4v) is 4.81. The first-order chi connectivity index (χ1) is 9.90. The van der Waals surface area contributed by atoms with Crippen molar-refractivity contribution in [1.29, 1.82) is 0 Å². The van der Waals surface area contributed by atoms with Crippen molar-refractivity contribution in [3.63, 3.8) is 0 Å². The molecule has 0 amide bonds. The van der Waals surface area contributed by atoms with Crippen LogP contribution in [0.5, 0.6) is 5.75 Å². The number of rotatable bonds is 4. The number of sulfonamides is 1. The molecule has 0 spiro atoms. The largest absolute Gasteiger partial charge is 0.496 e. The average molecular weight is 332 g/mol. The number of methoxy groups -OCH3 is 1. The molecule has 118 valence electrons. The lowest BCUT2D eigenvalue weighted by atomic mass is 9.95. The summed E-state index contributed by atoms with van der Waals surface area (Å²) in [5.41, 5.74) is 0.693. The van der Waals surface area contributed by atoms with Crippen molar-refractivity contribution in [2.24, 2.45) is 5.92 Å². The number of alkyl halides is 1. The lowest BCUT2D eigenvalue weighted by molar-refractivity contribution is 0.220. The van der Waals surface area contributed by atoms with Crippen LogP contribution in [0.4, 0.5) is 0 Å². The van der Waals surface area contributed by atoms with Crippen LogP contribution in [0, 0.1) is 5.92 Å². The predicted molar refractivity (Wildman–Crippen MR) is 84.3 cm³/mol. The molecule has 1 aliphatic rings. The smallest absolute Gasteiger partial charge is 0.243 e. The van der Waals surface area contributed by atoms with Gasteiger partial charge in [-0.05, 0) is 43.9 Å². The lowest BCUT2D eigenvalue weighted by Gasteiger charge is -2.35. The van der Waals surface area contributed by atoms with Crippen molar-refractivity contribution in [3.8, 4) is 5.75 Å². The highest BCUT2D eigenvalue weighted by Crippen LogP contribution is 2.30. The summed E-state index contributed by atoms with van der Waals surface area (Å²) in [6.45, 7) is 4.71. The molecular weight excluding hydrogens is 310 g/mol. The van der Waals surface area contributed by atoms with Crippen molar-refractivity contribution in [3.05, 3.63) is 23.8 Å². The Morgan fingerprint density at radius 2 is 2.10 bits per heavy atom. The maximum absolute atomic E-state index is 12.8. The number of halogens is 1. The Hall–Kier alpha value is -0.780. The van der Waals surface area contributed by atoms with Crippen LogP contribution in [0.1, 0.15) is 32.3 Å². The van der Waals surface area contributed by atoms with Crippen molar-refractivity contribution in [2.75, 3.05) is 13.7 Å². The molecule has 6 heteroatoms. The predicted octanol–water partition coefficient (Wildman–Crippen LogP) is 3.24. The van der Waals surface area contributed by atoms with Gasteiger partial charge < -0.3 is 4.74 Å². The Labute approximate surface area is 132 Å². The van der Waals surface area contributed by atoms with Crippen molar-refractivity contribution < 1.29 is 13.2 Å². The third-order valence-corrected chi connectivity index (χ3v) is 6.38. The molecule has 0 bridgehead atoms. The van der Waals surface area contributed by atoms with E-state index in [9.17, 15) is 8.42 Å². The molecule has 2 rings (SSSR count). The SMILES string of the molecule is COc1ccc(S(=O)(=O)N2CCC(C)CC2C)cc1CCl. The van der Waals surface area contributed by atoms with Gasteiger partial charge in [0.2, 0.25) is 10.0 Å². The normalized spacial score (nSPS) is 24.0. The first-order valence-electron chi connectivity index (χ1n) is 7.15. The topological polar surface area (TPSA) is 46.6 Å². The number of nitrogens with zero attached hydrogens (tertiary/aromatic N) is 1. The van der Waals surface area contributed by atoms with Gasteiger partial charge >= 0.3 is 0 Å². The number of ether oxygens (including phenoxy) is 1. The highest BCUT2D eigenvalue weighted by molar-refractivity contribution is 7.89. The minimum absolute atomic E-state index is 0.0281. The Bertz CT molecular complexity index is 603. The zero-order valence-electron chi connectivity index (χ0n) is 12.7. The summed E-state index contributed by atoms with van der Waals surface area (Å²) in [5, 5.41) is 0. The van der Waals surface area contributed by atoms with Gasteiger partial charge in [0.15, 0.2) is 0 Å². The van der Waals surface area contributed by atoms with Crippen molar-refractivity contribution in [1.82, 2.24) is 4.31 Å². The molecule has 1 fully saturated rings. The summed E-state index contributed by atoms with van der Waals surface area (Å²) in [6, 6.07) is 4.91. The molecule has 1 saturated heterocycles. The van der Waals surface area contributed by atoms with E-state index in [0.717, 1.165) is 12.8 Å². The van der Waals surface area contributed by atoms with Crippen LogP contribution in [0.3, 0.4) is 0 Å². The van der Waals surface area contributed by atoms with Gasteiger partial charge in [-0.2, -0.15) is 4.31 Å². The van der Waals surface area contributed by atoms with E-state index in [1.54, 1.807) is 29.6 Å². The lowest BCUT2D eigenvalue weighted by Crippen LogP contribution is -2.44. The molecule has 0 aliphatic carbocycles. The zero-order chi connectivity index (χ0) is 15.6. The van der Waals surface area contributed by atoms with Crippen LogP contribution < -0.4 is 4.74 Å². The number of benzene rings is 1. The summed E-state index contributed by atoms with van der Waals surface area (Å²) in [4.78, 5) is 0.292. The Morgan fingerprint density at radius 3 is 2.67 bits per heavy atom. The molecule has 2 unspecified atom stereocenters. The average Bonchev–Trinajstić information content (AvgIpc) is 2.46. The standard InChI is InChI=1S/C15H22ClNO3S/c1-11-6-7-17(12(2)8-11)21(18,19)14-4-5-15(20-3)13(9-14)10-16/h4-5,9,11-12H,6-8,10H2,1-3H3. The second kappa shape index (κ2) is 6.55. The van der Waals surface area contributed by atoms with Crippen LogP contribution in [0.2, 0.25) is 0 Å². The fraction of sp³-hybridized carbons (Fsp3) is 0.600. The van der Waals surface area contributed by atoms with Gasteiger partial charge in [0, 0.05) is 18.2 Å². The van der Waals surface area contributed by atoms with E-state index in [1.165, 1.54) is 0 Å². The second-order valence-electron chi connectivity index (χ2n) is 5.70. The van der Waals surface area contributed by atoms with E-state index in [1.807, 2.05) is 6.92 Å². The number of piperidine rings is 1. The van der Waals surface area contributed by atoms with E-state index in [2.05, 4.69) is 6.92 Å². The molecule has 1 aromatic carbocycles. The molecule has 21 heavy (non-hydrogen) atoms. The highest BCUT2D eigenvalue weighted by atomic mass is 35.5. The minimum atomic E-state index is -3.47. The van der Waals surface area contributed by atoms with E-state index in [-0.39, 0.29) is 11.9 Å². The summed E-state index contributed by atoms with van der Waals surface area (Å²) in [6.07, 6.45) is 1.81. The van der Waals surface area contributed by atoms with Crippen LogP contribution >= 0.6 is 11.6 Å². The molecule has 0 radical (unpaired) electrons. The van der Waals surface area contributed by atoms with Crippen LogP contribution in [0.25, 0.3) is 0 Å². The van der Waals surface area contributed by atoms with Gasteiger partial charge in [-0.3, -0.25) is 0 Å². The van der Waals surface area contributed by atoms with E-state index >= 15 is 0 Å². The summed E-state index contributed by atoms with van der Waals surface area (Å²) < 4.78 is 32.4. The van der Waals surface area contributed by atoms with Gasteiger partial charge in [-0.1, -0.05) is 6.92 Å². The Kier molecular flexibility index (Phi) is 5.17. The maximum atomic E-state index is 12.8. The van der Waals surface area contributed by atoms with Gasteiger partial charge in [0.25, 0.3) is 0 Å². The van der Waals surface area contributed by atoms with E-state index in [0.29, 0.717) is 28.7 Å². The molecule has 2 atom stereocenters. The van der Waals surface area contributed by atoms with Crippen LogP contribution in [-0.2, 0) is 15.9 Å². The third kappa shape index (κ3) is 3.35. The Balaban J connectivity index is 2.35. The second-order valence-corrected chi connectivity index (χ2v) is 7.86. The fourth-order valence-electron chi connectivity index (χ4n) is 2.90. The van der Waals surface area contributed by atoms with Gasteiger partial charge in [0.1, 0.15) is 5.75 Å². The van der Waals surface area contributed by atoms with Gasteiger partial charge in [-0.25, -0.2) is 8.42 Å². The molecule has 1 aliphatic heterocycles. The van der Waals surface area contributed by atoms with Crippen molar-refractivity contribution in [2.45, 2.75) is 43.5 Å². The van der Waals surface area contributed by atoms with Crippen molar-refractivity contribution >= 4 is 21.6 Å². The minimum Gasteiger partial charge on any atom is -0.496 e. The third-order valence-electron chi connectivity index (χ3n) is 4.08. The molecule has 0 aromatic heterocycles. The Morgan fingerprint density at radius 1 is 1.38 bits per heavy atom. The van der Waals surface area contributed by atoms with Crippen LogP contribution in [0.15, 0.2) is 23.1 Å². The first-order valence-corrected chi connectivity index (χ1v) is 9.12. The summed E-state index contributed by atoms with van der Waals surface area (Å²) in [7, 11) is -1.92. The van der Waals surface area contributed by atoms with Gasteiger partial charge in [0.05, 0.1) is 17.9 Å². The summed E-state index contributed by atoms with van der Waals surface area (Å²) in [5.74, 6) is 1.41. The van der Waals surface area contributed by atoms with Crippen LogP contribution in [-0.4, -0.2) is 32.4 Å². The first kappa shape index (κ1) is 16.6. The molecule has 0 N–H and O–H groups in total. The monoisotopic (exact) mass is 331 g/mol. The molecule has 4 nitrogen and oxygen atoms in total. The zero-order valence-corrected chi connectivity index (χ0v) is 14.2. The van der Waals surface area contributed by atoms with E-state index in [4.69, 9.17) is 16.3 Å². The number of hydrogen-bond acceptors (Lipinski definition) is 3. The molecular formula is C15H22ClNO3S. The molecule has 1 aromatic rings. The molecule has 1 heterocycles. The summed E-state index contributed by atoms with van der Waals surface area (Å²) >= 11 is 5.88. The van der Waals surface area contributed by atoms with E-state index < -0.39 is 10.0 Å². The highest BCUT2D eigenvalue weighted by Gasteiger charge is 2.33. The van der Waals surface area contributed by atoms with Gasteiger partial charge in [-0.15, -0.1) is 11.6 Å².